The fourth-order valence-corrected chi connectivity index (χ4v) is 2.15. The highest BCUT2D eigenvalue weighted by molar-refractivity contribution is 7.98. The molecule has 88 valence electrons. The summed E-state index contributed by atoms with van der Waals surface area (Å²) in [5.41, 5.74) is 0.323. The molecule has 1 heterocycles. The summed E-state index contributed by atoms with van der Waals surface area (Å²) in [7, 11) is 0. The molecule has 0 aliphatic rings. The minimum absolute atomic E-state index is 0.187. The van der Waals surface area contributed by atoms with Crippen LogP contribution in [0.3, 0.4) is 0 Å². The average molecular weight is 260 g/mol. The van der Waals surface area contributed by atoms with Gasteiger partial charge in [-0.2, -0.15) is 11.8 Å². The van der Waals surface area contributed by atoms with Crippen LogP contribution in [0.5, 0.6) is 0 Å². The van der Waals surface area contributed by atoms with Crippen LogP contribution in [0.25, 0.3) is 0 Å². The van der Waals surface area contributed by atoms with Gasteiger partial charge < -0.3 is 5.32 Å². The number of hydrogen-bond acceptors (Lipinski definition) is 5. The summed E-state index contributed by atoms with van der Waals surface area (Å²) in [5, 5.41) is 3.39. The molecule has 0 aliphatic carbocycles. The fourth-order valence-electron chi connectivity index (χ4n) is 1.25. The van der Waals surface area contributed by atoms with Crippen molar-refractivity contribution in [3.63, 3.8) is 0 Å². The molecule has 0 saturated heterocycles. The van der Waals surface area contributed by atoms with Gasteiger partial charge in [0.05, 0.1) is 5.56 Å². The predicted octanol–water partition coefficient (Wildman–Crippen LogP) is 2.50. The highest BCUT2D eigenvalue weighted by atomic mass is 35.5. The minimum atomic E-state index is 0.187. The second-order valence-electron chi connectivity index (χ2n) is 3.25. The number of thioether (sulfide) groups is 1. The SMILES string of the molecule is CCC(CSC)Nc1ncnc(Cl)c1C=O. The second-order valence-corrected chi connectivity index (χ2v) is 4.52. The van der Waals surface area contributed by atoms with Gasteiger partial charge in [-0.1, -0.05) is 18.5 Å². The summed E-state index contributed by atoms with van der Waals surface area (Å²) < 4.78 is 0. The molecule has 0 saturated carbocycles. The maximum atomic E-state index is 10.9. The van der Waals surface area contributed by atoms with Crippen molar-refractivity contribution in [2.75, 3.05) is 17.3 Å². The van der Waals surface area contributed by atoms with Gasteiger partial charge in [0.25, 0.3) is 0 Å². The lowest BCUT2D eigenvalue weighted by Crippen LogP contribution is -2.22. The number of hydrogen-bond donors (Lipinski definition) is 1. The number of nitrogens with one attached hydrogen (secondary N) is 1. The van der Waals surface area contributed by atoms with Crippen LogP contribution in [-0.4, -0.2) is 34.3 Å². The zero-order chi connectivity index (χ0) is 12.0. The summed E-state index contributed by atoms with van der Waals surface area (Å²) in [6.07, 6.45) is 5.03. The Morgan fingerprint density at radius 1 is 1.62 bits per heavy atom. The van der Waals surface area contributed by atoms with Gasteiger partial charge in [-0.15, -0.1) is 0 Å². The lowest BCUT2D eigenvalue weighted by Gasteiger charge is -2.17. The number of halogens is 1. The number of carbonyl (C=O) groups is 1. The molecule has 1 N–H and O–H groups in total. The zero-order valence-electron chi connectivity index (χ0n) is 9.24. The van der Waals surface area contributed by atoms with Crippen LogP contribution < -0.4 is 5.32 Å². The summed E-state index contributed by atoms with van der Waals surface area (Å²) in [5.74, 6) is 1.46. The fraction of sp³-hybridized carbons (Fsp3) is 0.500. The van der Waals surface area contributed by atoms with Crippen molar-refractivity contribution in [1.82, 2.24) is 9.97 Å². The van der Waals surface area contributed by atoms with E-state index in [0.717, 1.165) is 12.2 Å². The number of aldehydes is 1. The van der Waals surface area contributed by atoms with Gasteiger partial charge in [0, 0.05) is 11.8 Å². The Kier molecular flexibility index (Phi) is 5.55. The number of rotatable bonds is 6. The minimum Gasteiger partial charge on any atom is -0.366 e. The normalized spacial score (nSPS) is 12.2. The summed E-state index contributed by atoms with van der Waals surface area (Å²) in [6, 6.07) is 0.277. The molecule has 1 aromatic heterocycles. The Morgan fingerprint density at radius 2 is 2.38 bits per heavy atom. The molecule has 0 radical (unpaired) electrons. The lowest BCUT2D eigenvalue weighted by molar-refractivity contribution is 0.112. The van der Waals surface area contributed by atoms with Crippen molar-refractivity contribution in [2.24, 2.45) is 0 Å². The summed E-state index contributed by atoms with van der Waals surface area (Å²) in [6.45, 7) is 2.08. The van der Waals surface area contributed by atoms with Crippen LogP contribution >= 0.6 is 23.4 Å². The topological polar surface area (TPSA) is 54.9 Å². The highest BCUT2D eigenvalue weighted by Gasteiger charge is 2.12. The number of carbonyl (C=O) groups excluding carboxylic acids is 1. The van der Waals surface area contributed by atoms with Crippen molar-refractivity contribution < 1.29 is 4.79 Å². The zero-order valence-corrected chi connectivity index (χ0v) is 10.8. The standard InChI is InChI=1S/C10H14ClN3OS/c1-3-7(5-16-2)14-10-8(4-15)9(11)12-6-13-10/h4,6-7H,3,5H2,1-2H3,(H,12,13,14). The highest BCUT2D eigenvalue weighted by Crippen LogP contribution is 2.19. The van der Waals surface area contributed by atoms with E-state index >= 15 is 0 Å². The molecule has 4 nitrogen and oxygen atoms in total. The van der Waals surface area contributed by atoms with E-state index in [1.165, 1.54) is 6.33 Å². The second kappa shape index (κ2) is 6.70. The number of aromatic nitrogens is 2. The third-order valence-electron chi connectivity index (χ3n) is 2.15. The molecule has 1 unspecified atom stereocenters. The molecule has 0 aromatic carbocycles. The largest absolute Gasteiger partial charge is 0.366 e. The van der Waals surface area contributed by atoms with Crippen LogP contribution in [0.4, 0.5) is 5.82 Å². The molecule has 1 aromatic rings. The van der Waals surface area contributed by atoms with E-state index in [1.54, 1.807) is 11.8 Å². The van der Waals surface area contributed by atoms with E-state index in [4.69, 9.17) is 11.6 Å². The van der Waals surface area contributed by atoms with E-state index in [1.807, 2.05) is 6.26 Å². The Morgan fingerprint density at radius 3 is 2.94 bits per heavy atom. The Labute approximate surface area is 104 Å². The van der Waals surface area contributed by atoms with Crippen LogP contribution in [0, 0.1) is 0 Å². The molecule has 0 spiro atoms. The third-order valence-corrected chi connectivity index (χ3v) is 3.19. The molecule has 6 heteroatoms. The van der Waals surface area contributed by atoms with Crippen molar-refractivity contribution >= 4 is 35.5 Å². The summed E-state index contributed by atoms with van der Waals surface area (Å²) >= 11 is 7.55. The van der Waals surface area contributed by atoms with E-state index in [0.29, 0.717) is 17.7 Å². The van der Waals surface area contributed by atoms with E-state index < -0.39 is 0 Å². The van der Waals surface area contributed by atoms with Gasteiger partial charge in [0.1, 0.15) is 17.3 Å². The first-order valence-electron chi connectivity index (χ1n) is 4.94. The molecular formula is C10H14ClN3OS. The van der Waals surface area contributed by atoms with E-state index in [9.17, 15) is 4.79 Å². The molecule has 0 fully saturated rings. The van der Waals surface area contributed by atoms with Crippen molar-refractivity contribution in [2.45, 2.75) is 19.4 Å². The average Bonchev–Trinajstić information content (AvgIpc) is 2.28. The molecule has 0 amide bonds. The van der Waals surface area contributed by atoms with Crippen molar-refractivity contribution in [3.05, 3.63) is 17.0 Å². The first-order valence-corrected chi connectivity index (χ1v) is 6.71. The van der Waals surface area contributed by atoms with E-state index in [-0.39, 0.29) is 11.2 Å². The van der Waals surface area contributed by atoms with Gasteiger partial charge in [-0.05, 0) is 12.7 Å². The van der Waals surface area contributed by atoms with Crippen LogP contribution in [0.1, 0.15) is 23.7 Å². The van der Waals surface area contributed by atoms with Gasteiger partial charge in [-0.3, -0.25) is 4.79 Å². The van der Waals surface area contributed by atoms with Crippen LogP contribution in [0.2, 0.25) is 5.15 Å². The number of anilines is 1. The first-order chi connectivity index (χ1) is 7.72. The monoisotopic (exact) mass is 259 g/mol. The summed E-state index contributed by atoms with van der Waals surface area (Å²) in [4.78, 5) is 18.7. The Hall–Kier alpha value is -0.810. The molecule has 16 heavy (non-hydrogen) atoms. The maximum Gasteiger partial charge on any atom is 0.156 e. The quantitative estimate of drug-likeness (QED) is 0.628. The smallest absolute Gasteiger partial charge is 0.156 e. The number of nitrogens with zero attached hydrogens (tertiary/aromatic N) is 2. The van der Waals surface area contributed by atoms with Crippen molar-refractivity contribution in [3.8, 4) is 0 Å². The van der Waals surface area contributed by atoms with Crippen LogP contribution in [-0.2, 0) is 0 Å². The molecule has 1 rings (SSSR count). The van der Waals surface area contributed by atoms with Gasteiger partial charge in [-0.25, -0.2) is 9.97 Å². The Bertz CT molecular complexity index is 362. The van der Waals surface area contributed by atoms with Gasteiger partial charge in [0.2, 0.25) is 0 Å². The van der Waals surface area contributed by atoms with E-state index in [2.05, 4.69) is 22.2 Å². The lowest BCUT2D eigenvalue weighted by atomic mass is 10.2. The van der Waals surface area contributed by atoms with Gasteiger partial charge in [0.15, 0.2) is 6.29 Å². The first kappa shape index (κ1) is 13.3. The molecule has 1 atom stereocenters. The molecule has 0 bridgehead atoms. The van der Waals surface area contributed by atoms with Crippen molar-refractivity contribution in [1.29, 1.82) is 0 Å². The Balaban J connectivity index is 2.86. The molecule has 0 aliphatic heterocycles. The van der Waals surface area contributed by atoms with Gasteiger partial charge >= 0.3 is 0 Å². The third kappa shape index (κ3) is 3.35. The molecular weight excluding hydrogens is 246 g/mol. The maximum absolute atomic E-state index is 10.9. The predicted molar refractivity (Wildman–Crippen MR) is 68.5 cm³/mol. The van der Waals surface area contributed by atoms with Crippen LogP contribution in [0.15, 0.2) is 6.33 Å².